The number of carbonyl (C=O) groups excluding carboxylic acids is 1. The average molecular weight is 404 g/mol. The van der Waals surface area contributed by atoms with Crippen LogP contribution >= 0.6 is 0 Å². The van der Waals surface area contributed by atoms with Crippen molar-refractivity contribution < 1.29 is 14.1 Å². The Morgan fingerprint density at radius 1 is 1.00 bits per heavy atom. The molecule has 30 heavy (non-hydrogen) atoms. The van der Waals surface area contributed by atoms with Crippen molar-refractivity contribution in [2.75, 3.05) is 5.32 Å². The number of hydrogen-bond acceptors (Lipinski definition) is 5. The molecule has 1 aromatic heterocycles. The minimum absolute atomic E-state index is 0.00725. The molecule has 0 amide bonds. The molecule has 0 bridgehead atoms. The van der Waals surface area contributed by atoms with Crippen LogP contribution in [0.1, 0.15) is 47.5 Å². The van der Waals surface area contributed by atoms with E-state index in [9.17, 15) is 14.9 Å². The summed E-state index contributed by atoms with van der Waals surface area (Å²) in [5, 5.41) is 14.5. The van der Waals surface area contributed by atoms with Crippen LogP contribution in [-0.2, 0) is 6.42 Å². The van der Waals surface area contributed by atoms with Crippen molar-refractivity contribution in [3.05, 3.63) is 75.0 Å². The zero-order valence-electron chi connectivity index (χ0n) is 17.5. The van der Waals surface area contributed by atoms with E-state index in [0.717, 1.165) is 16.8 Å². The first-order valence-electron chi connectivity index (χ1n) is 9.93. The third-order valence-corrected chi connectivity index (χ3v) is 5.62. The summed E-state index contributed by atoms with van der Waals surface area (Å²) in [6.45, 7) is 8.14. The molecule has 0 spiro atoms. The van der Waals surface area contributed by atoms with Crippen LogP contribution < -0.4 is 5.32 Å². The molecule has 0 saturated carbocycles. The number of non-ortho nitro benzene ring substituents is 1. The van der Waals surface area contributed by atoms with E-state index in [4.69, 9.17) is 4.42 Å². The fourth-order valence-corrected chi connectivity index (χ4v) is 4.16. The van der Waals surface area contributed by atoms with Crippen LogP contribution in [0, 0.1) is 29.4 Å². The van der Waals surface area contributed by atoms with E-state index in [1.807, 2.05) is 32.0 Å². The zero-order valence-corrected chi connectivity index (χ0v) is 17.5. The van der Waals surface area contributed by atoms with E-state index in [0.29, 0.717) is 41.2 Å². The molecule has 1 N–H and O–H groups in total. The van der Waals surface area contributed by atoms with Crippen molar-refractivity contribution in [2.45, 2.75) is 40.5 Å². The van der Waals surface area contributed by atoms with Crippen LogP contribution in [0.3, 0.4) is 0 Å². The first-order chi connectivity index (χ1) is 14.2. The van der Waals surface area contributed by atoms with Crippen molar-refractivity contribution >= 4 is 23.0 Å². The number of rotatable bonds is 4. The van der Waals surface area contributed by atoms with Gasteiger partial charge in [-0.25, -0.2) is 0 Å². The quantitative estimate of drug-likeness (QED) is 0.403. The predicted octanol–water partition coefficient (Wildman–Crippen LogP) is 6.37. The lowest BCUT2D eigenvalue weighted by atomic mass is 9.75. The third kappa shape index (κ3) is 3.49. The van der Waals surface area contributed by atoms with Crippen molar-refractivity contribution in [3.8, 4) is 11.1 Å². The van der Waals surface area contributed by atoms with E-state index in [2.05, 4.69) is 19.2 Å². The van der Waals surface area contributed by atoms with Crippen molar-refractivity contribution in [2.24, 2.45) is 5.41 Å². The summed E-state index contributed by atoms with van der Waals surface area (Å²) >= 11 is 0. The summed E-state index contributed by atoms with van der Waals surface area (Å²) in [6, 6.07) is 12.3. The number of hydrogen-bond donors (Lipinski definition) is 1. The molecular weight excluding hydrogens is 380 g/mol. The van der Waals surface area contributed by atoms with Crippen LogP contribution in [0.2, 0.25) is 0 Å². The second-order valence-electron chi connectivity index (χ2n) is 8.74. The highest BCUT2D eigenvalue weighted by molar-refractivity contribution is 6.07. The number of benzene rings is 2. The molecule has 154 valence electrons. The second-order valence-corrected chi connectivity index (χ2v) is 8.74. The predicted molar refractivity (Wildman–Crippen MR) is 116 cm³/mol. The van der Waals surface area contributed by atoms with Crippen LogP contribution in [0.15, 0.2) is 46.9 Å². The Hall–Kier alpha value is -3.41. The number of furan rings is 1. The van der Waals surface area contributed by atoms with Gasteiger partial charge in [-0.05, 0) is 48.1 Å². The number of anilines is 2. The Bertz CT molecular complexity index is 1140. The molecule has 0 fully saturated rings. The number of nitro groups is 1. The van der Waals surface area contributed by atoms with E-state index in [1.165, 1.54) is 12.1 Å². The zero-order chi connectivity index (χ0) is 21.6. The molecule has 4 rings (SSSR count). The molecule has 0 aliphatic heterocycles. The summed E-state index contributed by atoms with van der Waals surface area (Å²) in [7, 11) is 0. The number of aryl methyl sites for hydroxylation is 2. The summed E-state index contributed by atoms with van der Waals surface area (Å²) < 4.78 is 6.22. The van der Waals surface area contributed by atoms with Gasteiger partial charge in [-0.1, -0.05) is 32.0 Å². The number of nitro benzene ring substituents is 1. The van der Waals surface area contributed by atoms with Gasteiger partial charge in [-0.15, -0.1) is 0 Å². The summed E-state index contributed by atoms with van der Waals surface area (Å²) in [5.41, 5.74) is 4.85. The van der Waals surface area contributed by atoms with Gasteiger partial charge in [0.15, 0.2) is 5.78 Å². The molecule has 1 heterocycles. The Morgan fingerprint density at radius 2 is 1.63 bits per heavy atom. The van der Waals surface area contributed by atoms with E-state index in [1.54, 1.807) is 12.1 Å². The van der Waals surface area contributed by atoms with Crippen LogP contribution in [0.25, 0.3) is 11.1 Å². The van der Waals surface area contributed by atoms with Gasteiger partial charge in [0.25, 0.3) is 5.69 Å². The number of carbonyl (C=O) groups is 1. The number of fused-ring (bicyclic) bond motifs is 1. The van der Waals surface area contributed by atoms with Crippen LogP contribution in [0.5, 0.6) is 0 Å². The van der Waals surface area contributed by atoms with Gasteiger partial charge in [0.1, 0.15) is 5.76 Å². The molecule has 0 atom stereocenters. The molecule has 3 aromatic rings. The van der Waals surface area contributed by atoms with Gasteiger partial charge >= 0.3 is 0 Å². The Kier molecular flexibility index (Phi) is 4.73. The second kappa shape index (κ2) is 7.13. The topological polar surface area (TPSA) is 85.4 Å². The van der Waals surface area contributed by atoms with Gasteiger partial charge in [-0.3, -0.25) is 14.9 Å². The molecule has 1 aliphatic carbocycles. The highest BCUT2D eigenvalue weighted by atomic mass is 16.6. The van der Waals surface area contributed by atoms with Crippen LogP contribution in [-0.4, -0.2) is 10.7 Å². The molecule has 6 nitrogen and oxygen atoms in total. The van der Waals surface area contributed by atoms with Crippen molar-refractivity contribution in [3.63, 3.8) is 0 Å². The number of ketones is 1. The highest BCUT2D eigenvalue weighted by Crippen LogP contribution is 2.46. The molecule has 0 unspecified atom stereocenters. The molecule has 1 aliphatic rings. The largest absolute Gasteiger partial charge is 0.444 e. The van der Waals surface area contributed by atoms with Crippen LogP contribution in [0.4, 0.5) is 17.3 Å². The van der Waals surface area contributed by atoms with E-state index >= 15 is 0 Å². The first kappa shape index (κ1) is 19.9. The standard InChI is InChI=1S/C24H24N2O4/c1-14-6-5-7-15(2)22(14)25-23-20(16-8-10-17(11-9-16)26(28)29)21-18(27)12-24(3,4)13-19(21)30-23/h5-11,25H,12-13H2,1-4H3. The van der Waals surface area contributed by atoms with E-state index < -0.39 is 4.92 Å². The van der Waals surface area contributed by atoms with E-state index in [-0.39, 0.29) is 16.9 Å². The molecule has 2 aromatic carbocycles. The molecule has 0 radical (unpaired) electrons. The summed E-state index contributed by atoms with van der Waals surface area (Å²) in [6.07, 6.45) is 1.09. The lowest BCUT2D eigenvalue weighted by Gasteiger charge is -2.27. The Labute approximate surface area is 175 Å². The first-order valence-corrected chi connectivity index (χ1v) is 9.93. The normalized spacial score (nSPS) is 15.0. The third-order valence-electron chi connectivity index (χ3n) is 5.62. The maximum Gasteiger partial charge on any atom is 0.269 e. The fraction of sp³-hybridized carbons (Fsp3) is 0.292. The maximum atomic E-state index is 13.1. The maximum absolute atomic E-state index is 13.1. The van der Waals surface area contributed by atoms with Gasteiger partial charge in [-0.2, -0.15) is 0 Å². The minimum atomic E-state index is -0.432. The van der Waals surface area contributed by atoms with Gasteiger partial charge in [0, 0.05) is 30.7 Å². The number of nitrogens with zero attached hydrogens (tertiary/aromatic N) is 1. The Morgan fingerprint density at radius 3 is 2.23 bits per heavy atom. The molecule has 0 saturated heterocycles. The summed E-state index contributed by atoms with van der Waals surface area (Å²) in [5.74, 6) is 1.20. The lowest BCUT2D eigenvalue weighted by molar-refractivity contribution is -0.384. The SMILES string of the molecule is Cc1cccc(C)c1Nc1oc2c(c1-c1ccc([N+](=O)[O-])cc1)C(=O)CC(C)(C)C2. The number of para-hydroxylation sites is 1. The summed E-state index contributed by atoms with van der Waals surface area (Å²) in [4.78, 5) is 23.7. The fourth-order valence-electron chi connectivity index (χ4n) is 4.16. The minimum Gasteiger partial charge on any atom is -0.444 e. The number of nitrogens with one attached hydrogen (secondary N) is 1. The van der Waals surface area contributed by atoms with Gasteiger partial charge in [0.05, 0.1) is 16.1 Å². The van der Waals surface area contributed by atoms with Crippen molar-refractivity contribution in [1.82, 2.24) is 0 Å². The number of Topliss-reactive ketones (excluding diaryl/α,β-unsaturated/α-hetero) is 1. The van der Waals surface area contributed by atoms with Gasteiger partial charge in [0.2, 0.25) is 5.88 Å². The lowest BCUT2D eigenvalue weighted by Crippen LogP contribution is -2.26. The smallest absolute Gasteiger partial charge is 0.269 e. The van der Waals surface area contributed by atoms with Crippen molar-refractivity contribution in [1.29, 1.82) is 0 Å². The van der Waals surface area contributed by atoms with Gasteiger partial charge < -0.3 is 9.73 Å². The monoisotopic (exact) mass is 404 g/mol. The Balaban J connectivity index is 1.89. The average Bonchev–Trinajstić information content (AvgIpc) is 3.02. The molecule has 6 heteroatoms. The molecular formula is C24H24N2O4. The highest BCUT2D eigenvalue weighted by Gasteiger charge is 2.37.